The molecule has 6 nitrogen and oxygen atoms in total. The number of hydrogen-bond acceptors (Lipinski definition) is 5. The second kappa shape index (κ2) is 10.5. The molecular weight excluding hydrogens is 530 g/mol. The Hall–Kier alpha value is -2.15. The van der Waals surface area contributed by atoms with Gasteiger partial charge in [0.1, 0.15) is 0 Å². The van der Waals surface area contributed by atoms with E-state index in [2.05, 4.69) is 4.98 Å². The number of piperidine rings is 1. The Labute approximate surface area is 217 Å². The van der Waals surface area contributed by atoms with Crippen LogP contribution < -0.4 is 0 Å². The summed E-state index contributed by atoms with van der Waals surface area (Å²) in [5.74, 6) is -5.96. The third-order valence-electron chi connectivity index (χ3n) is 6.90. The Kier molecular flexibility index (Phi) is 7.54. The lowest BCUT2D eigenvalue weighted by Crippen LogP contribution is -2.39. The average Bonchev–Trinajstić information content (AvgIpc) is 3.51. The fourth-order valence-corrected chi connectivity index (χ4v) is 7.56. The molecule has 200 valence electrons. The highest BCUT2D eigenvalue weighted by molar-refractivity contribution is 7.98. The first kappa shape index (κ1) is 26.5. The maximum absolute atomic E-state index is 14.3. The van der Waals surface area contributed by atoms with E-state index in [1.54, 1.807) is 16.7 Å². The van der Waals surface area contributed by atoms with Crippen LogP contribution in [0, 0.1) is 29.2 Å². The van der Waals surface area contributed by atoms with Crippen molar-refractivity contribution in [3.05, 3.63) is 53.1 Å². The molecule has 0 unspecified atom stereocenters. The van der Waals surface area contributed by atoms with Crippen LogP contribution in [0.4, 0.5) is 17.6 Å². The van der Waals surface area contributed by atoms with Gasteiger partial charge in [-0.3, -0.25) is 0 Å². The number of halogens is 4. The van der Waals surface area contributed by atoms with Gasteiger partial charge in [0, 0.05) is 37.1 Å². The van der Waals surface area contributed by atoms with Gasteiger partial charge in [0.15, 0.2) is 28.4 Å². The largest absolute Gasteiger partial charge is 0.376 e. The van der Waals surface area contributed by atoms with E-state index < -0.39 is 44.6 Å². The minimum absolute atomic E-state index is 0.102. The van der Waals surface area contributed by atoms with E-state index in [0.717, 1.165) is 37.4 Å². The molecule has 2 saturated heterocycles. The van der Waals surface area contributed by atoms with E-state index in [4.69, 9.17) is 4.74 Å². The number of imidazole rings is 1. The first-order valence-electron chi connectivity index (χ1n) is 12.2. The zero-order chi connectivity index (χ0) is 26.3. The number of benzene rings is 2. The zero-order valence-electron chi connectivity index (χ0n) is 20.2. The molecule has 0 saturated carbocycles. The van der Waals surface area contributed by atoms with Gasteiger partial charge in [-0.05, 0) is 49.8 Å². The van der Waals surface area contributed by atoms with Crippen molar-refractivity contribution in [1.82, 2.24) is 13.9 Å². The molecule has 3 aromatic rings. The molecule has 37 heavy (non-hydrogen) atoms. The van der Waals surface area contributed by atoms with Gasteiger partial charge >= 0.3 is 0 Å². The number of aromatic nitrogens is 2. The lowest BCUT2D eigenvalue weighted by Gasteiger charge is -2.30. The predicted octanol–water partition coefficient (Wildman–Crippen LogP) is 5.48. The molecule has 0 N–H and O–H groups in total. The molecule has 0 spiro atoms. The van der Waals surface area contributed by atoms with Crippen LogP contribution in [-0.4, -0.2) is 48.1 Å². The molecule has 1 aromatic heterocycles. The molecule has 2 aliphatic rings. The van der Waals surface area contributed by atoms with Gasteiger partial charge in [0.25, 0.3) is 0 Å². The van der Waals surface area contributed by atoms with Crippen LogP contribution in [0.1, 0.15) is 38.2 Å². The number of ether oxygens (including phenoxy) is 1. The van der Waals surface area contributed by atoms with E-state index in [1.165, 1.54) is 10.4 Å². The van der Waals surface area contributed by atoms with E-state index >= 15 is 0 Å². The average molecular weight is 558 g/mol. The minimum Gasteiger partial charge on any atom is -0.376 e. The van der Waals surface area contributed by atoms with Crippen molar-refractivity contribution in [2.75, 3.05) is 19.7 Å². The second-order valence-electron chi connectivity index (χ2n) is 9.64. The second-order valence-corrected chi connectivity index (χ2v) is 12.5. The van der Waals surface area contributed by atoms with Crippen LogP contribution in [-0.2, 0) is 27.1 Å². The summed E-state index contributed by atoms with van der Waals surface area (Å²) in [6.07, 6.45) is 3.40. The maximum atomic E-state index is 14.3. The highest BCUT2D eigenvalue weighted by atomic mass is 32.2. The Morgan fingerprint density at radius 3 is 2.51 bits per heavy atom. The van der Waals surface area contributed by atoms with E-state index in [9.17, 15) is 26.0 Å². The van der Waals surface area contributed by atoms with Crippen LogP contribution in [0.2, 0.25) is 0 Å². The van der Waals surface area contributed by atoms with Gasteiger partial charge in [-0.1, -0.05) is 18.7 Å². The molecule has 12 heteroatoms. The molecule has 5 rings (SSSR count). The number of fused-ring (bicyclic) bond motifs is 1. The van der Waals surface area contributed by atoms with Gasteiger partial charge in [0.05, 0.1) is 28.6 Å². The summed E-state index contributed by atoms with van der Waals surface area (Å²) in [4.78, 5) is 4.69. The quantitative estimate of drug-likeness (QED) is 0.219. The van der Waals surface area contributed by atoms with Crippen LogP contribution in [0.3, 0.4) is 0 Å². The molecule has 0 aliphatic carbocycles. The van der Waals surface area contributed by atoms with Gasteiger partial charge in [-0.25, -0.2) is 31.0 Å². The molecular formula is C25H27F4N3O3S2. The van der Waals surface area contributed by atoms with Crippen molar-refractivity contribution in [3.8, 4) is 0 Å². The third-order valence-corrected chi connectivity index (χ3v) is 9.76. The fraction of sp³-hybridized carbons (Fsp3) is 0.480. The summed E-state index contributed by atoms with van der Waals surface area (Å²) in [6, 6.07) is 4.89. The molecule has 3 heterocycles. The molecule has 2 fully saturated rings. The molecule has 2 aromatic carbocycles. The van der Waals surface area contributed by atoms with E-state index in [-0.39, 0.29) is 23.0 Å². The monoisotopic (exact) mass is 557 g/mol. The lowest BCUT2D eigenvalue weighted by molar-refractivity contribution is 0.0960. The van der Waals surface area contributed by atoms with Gasteiger partial charge in [-0.2, -0.15) is 4.31 Å². The number of nitrogens with zero attached hydrogens (tertiary/aromatic N) is 3. The first-order chi connectivity index (χ1) is 17.6. The van der Waals surface area contributed by atoms with Gasteiger partial charge in [0.2, 0.25) is 10.0 Å². The van der Waals surface area contributed by atoms with Crippen molar-refractivity contribution in [3.63, 3.8) is 0 Å². The highest BCUT2D eigenvalue weighted by Crippen LogP contribution is 2.33. The molecule has 0 amide bonds. The minimum atomic E-state index is -3.72. The van der Waals surface area contributed by atoms with Crippen LogP contribution in [0.5, 0.6) is 0 Å². The maximum Gasteiger partial charge on any atom is 0.243 e. The standard InChI is InChI=1S/C25H27F4N3O3S2/c1-15-4-2-8-31(12-15)37(33,34)17-6-7-22-21(10-17)30-25(32(22)13-16-5-3-9-35-16)36-14-18-23(28)19(26)11-20(27)24(18)29/h6-7,10-11,15-16H,2-5,8-9,12-14H2,1H3/t15-,16+/m0/s1. The SMILES string of the molecule is C[C@H]1CCCN(S(=O)(=O)c2ccc3c(c2)nc(SCc2c(F)c(F)cc(F)c2F)n3C[C@H]2CCCO2)C1. The van der Waals surface area contributed by atoms with Crippen molar-refractivity contribution < 1.29 is 30.7 Å². The highest BCUT2D eigenvalue weighted by Gasteiger charge is 2.30. The predicted molar refractivity (Wildman–Crippen MR) is 132 cm³/mol. The Balaban J connectivity index is 1.50. The Morgan fingerprint density at radius 2 is 1.84 bits per heavy atom. The molecule has 0 bridgehead atoms. The van der Waals surface area contributed by atoms with E-state index in [1.807, 2.05) is 6.92 Å². The van der Waals surface area contributed by atoms with Crippen molar-refractivity contribution >= 4 is 32.8 Å². The van der Waals surface area contributed by atoms with Crippen molar-refractivity contribution in [1.29, 1.82) is 0 Å². The number of sulfonamides is 1. The Morgan fingerprint density at radius 1 is 1.08 bits per heavy atom. The summed E-state index contributed by atoms with van der Waals surface area (Å²) in [5, 5.41) is 0.343. The summed E-state index contributed by atoms with van der Waals surface area (Å²) >= 11 is 0.920. The Bertz CT molecular complexity index is 1400. The van der Waals surface area contributed by atoms with Crippen LogP contribution >= 0.6 is 11.8 Å². The summed E-state index contributed by atoms with van der Waals surface area (Å²) in [6.45, 7) is 3.96. The number of rotatable bonds is 7. The molecule has 2 atom stereocenters. The fourth-order valence-electron chi connectivity index (χ4n) is 4.93. The first-order valence-corrected chi connectivity index (χ1v) is 14.6. The van der Waals surface area contributed by atoms with Crippen LogP contribution in [0.25, 0.3) is 11.0 Å². The van der Waals surface area contributed by atoms with Crippen molar-refractivity contribution in [2.45, 2.75) is 61.1 Å². The zero-order valence-corrected chi connectivity index (χ0v) is 21.9. The normalized spacial score (nSPS) is 21.2. The smallest absolute Gasteiger partial charge is 0.243 e. The van der Waals surface area contributed by atoms with Gasteiger partial charge in [-0.15, -0.1) is 0 Å². The van der Waals surface area contributed by atoms with E-state index in [0.29, 0.717) is 42.4 Å². The summed E-state index contributed by atoms with van der Waals surface area (Å²) in [5.41, 5.74) is 0.314. The lowest BCUT2D eigenvalue weighted by atomic mass is 10.0. The molecule has 0 radical (unpaired) electrons. The summed E-state index contributed by atoms with van der Waals surface area (Å²) in [7, 11) is -3.72. The molecule has 2 aliphatic heterocycles. The number of thioether (sulfide) groups is 1. The number of hydrogen-bond donors (Lipinski definition) is 0. The third kappa shape index (κ3) is 5.25. The van der Waals surface area contributed by atoms with Gasteiger partial charge < -0.3 is 9.30 Å². The van der Waals surface area contributed by atoms with Crippen LogP contribution in [0.15, 0.2) is 34.3 Å². The topological polar surface area (TPSA) is 64.4 Å². The summed E-state index contributed by atoms with van der Waals surface area (Å²) < 4.78 is 91.6. The van der Waals surface area contributed by atoms with Crippen molar-refractivity contribution in [2.24, 2.45) is 5.92 Å².